The topological polar surface area (TPSA) is 9.23 Å². The molecule has 1 aliphatic rings. The number of alkyl halides is 2. The molecule has 0 N–H and O–H groups in total. The van der Waals surface area contributed by atoms with Gasteiger partial charge in [-0.05, 0) is 48.6 Å². The molecule has 7 heteroatoms. The molecule has 3 rings (SSSR count). The van der Waals surface area contributed by atoms with Crippen LogP contribution in [0.25, 0.3) is 11.1 Å². The Hall–Kier alpha value is -2.18. The van der Waals surface area contributed by atoms with Crippen molar-refractivity contribution in [1.82, 2.24) is 0 Å². The van der Waals surface area contributed by atoms with Gasteiger partial charge in [0, 0.05) is 11.6 Å². The molecule has 0 heterocycles. The van der Waals surface area contributed by atoms with E-state index in [2.05, 4.69) is 0 Å². The molecular formula is C20H18F6O. The molecular weight excluding hydrogens is 370 g/mol. The minimum atomic E-state index is -3.44. The first-order chi connectivity index (χ1) is 12.7. The van der Waals surface area contributed by atoms with Crippen molar-refractivity contribution in [2.45, 2.75) is 38.7 Å². The molecule has 27 heavy (non-hydrogen) atoms. The van der Waals surface area contributed by atoms with Crippen molar-refractivity contribution in [3.63, 3.8) is 0 Å². The average Bonchev–Trinajstić information content (AvgIpc) is 2.59. The first kappa shape index (κ1) is 19.6. The minimum Gasteiger partial charge on any atom is -0.432 e. The van der Waals surface area contributed by atoms with E-state index in [4.69, 9.17) is 4.74 Å². The van der Waals surface area contributed by atoms with E-state index in [1.165, 1.54) is 0 Å². The Morgan fingerprint density at radius 3 is 2.00 bits per heavy atom. The lowest BCUT2D eigenvalue weighted by Crippen LogP contribution is -2.37. The molecule has 0 unspecified atom stereocenters. The van der Waals surface area contributed by atoms with Crippen molar-refractivity contribution in [1.29, 1.82) is 0 Å². The van der Waals surface area contributed by atoms with Gasteiger partial charge in [-0.15, -0.1) is 0 Å². The van der Waals surface area contributed by atoms with Crippen molar-refractivity contribution < 1.29 is 31.1 Å². The first-order valence-electron chi connectivity index (χ1n) is 8.68. The van der Waals surface area contributed by atoms with Crippen LogP contribution in [0.3, 0.4) is 0 Å². The normalized spacial score (nSPS) is 20.6. The molecule has 1 nitrogen and oxygen atoms in total. The second-order valence-electron chi connectivity index (χ2n) is 7.02. The zero-order valence-electron chi connectivity index (χ0n) is 14.5. The fourth-order valence-electron chi connectivity index (χ4n) is 3.34. The highest BCUT2D eigenvalue weighted by Crippen LogP contribution is 2.40. The smallest absolute Gasteiger partial charge is 0.400 e. The molecule has 0 spiro atoms. The number of benzene rings is 2. The molecule has 1 saturated carbocycles. The second-order valence-corrected chi connectivity index (χ2v) is 7.02. The van der Waals surface area contributed by atoms with Crippen LogP contribution in [0.15, 0.2) is 30.3 Å². The highest BCUT2D eigenvalue weighted by atomic mass is 19.3. The van der Waals surface area contributed by atoms with Gasteiger partial charge in [-0.3, -0.25) is 0 Å². The predicted molar refractivity (Wildman–Crippen MR) is 88.4 cm³/mol. The second kappa shape index (κ2) is 7.44. The minimum absolute atomic E-state index is 0.247. The van der Waals surface area contributed by atoms with E-state index in [1.54, 1.807) is 0 Å². The van der Waals surface area contributed by atoms with Crippen molar-refractivity contribution in [2.24, 2.45) is 11.8 Å². The summed E-state index contributed by atoms with van der Waals surface area (Å²) in [6, 6.07) is 4.16. The fraction of sp³-hybridized carbons (Fsp3) is 0.400. The van der Waals surface area contributed by atoms with E-state index < -0.39 is 35.3 Å². The van der Waals surface area contributed by atoms with E-state index >= 15 is 0 Å². The van der Waals surface area contributed by atoms with Gasteiger partial charge in [-0.25, -0.2) is 17.6 Å². The van der Waals surface area contributed by atoms with Crippen LogP contribution >= 0.6 is 0 Å². The van der Waals surface area contributed by atoms with E-state index in [0.717, 1.165) is 18.2 Å². The van der Waals surface area contributed by atoms with Crippen LogP contribution in [0.1, 0.15) is 32.6 Å². The van der Waals surface area contributed by atoms with Crippen LogP contribution < -0.4 is 4.74 Å². The van der Waals surface area contributed by atoms with Gasteiger partial charge in [-0.2, -0.15) is 8.78 Å². The lowest BCUT2D eigenvalue weighted by molar-refractivity contribution is -0.223. The molecule has 2 aromatic carbocycles. The van der Waals surface area contributed by atoms with E-state index in [9.17, 15) is 26.3 Å². The average molecular weight is 388 g/mol. The van der Waals surface area contributed by atoms with Gasteiger partial charge < -0.3 is 4.74 Å². The summed E-state index contributed by atoms with van der Waals surface area (Å²) in [6.45, 7) is 2.00. The number of halogens is 6. The molecule has 0 saturated heterocycles. The van der Waals surface area contributed by atoms with Gasteiger partial charge in [-0.1, -0.05) is 19.8 Å². The monoisotopic (exact) mass is 388 g/mol. The lowest BCUT2D eigenvalue weighted by Gasteiger charge is -2.32. The third kappa shape index (κ3) is 4.22. The maximum atomic E-state index is 14.3. The van der Waals surface area contributed by atoms with Crippen LogP contribution in [0.4, 0.5) is 26.3 Å². The van der Waals surface area contributed by atoms with Crippen LogP contribution in [-0.4, -0.2) is 6.11 Å². The van der Waals surface area contributed by atoms with E-state index in [1.807, 2.05) is 6.92 Å². The quantitative estimate of drug-likeness (QED) is 0.418. The van der Waals surface area contributed by atoms with Gasteiger partial charge in [0.25, 0.3) is 0 Å². The number of hydrogen-bond donors (Lipinski definition) is 0. The standard InChI is InChI=1S/C20H18F6O/c1-11-2-4-13(5-3-11)20(25,26)27-14-6-7-15(16(21)10-14)12-8-17(22)19(24)18(23)9-12/h6-11,13H,2-5H2,1H3. The summed E-state index contributed by atoms with van der Waals surface area (Å²) in [6.07, 6.45) is -1.44. The molecule has 0 aliphatic heterocycles. The lowest BCUT2D eigenvalue weighted by atomic mass is 9.82. The van der Waals surface area contributed by atoms with Gasteiger partial charge in [0.2, 0.25) is 0 Å². The Bertz CT molecular complexity index is 804. The molecule has 146 valence electrons. The summed E-state index contributed by atoms with van der Waals surface area (Å²) in [7, 11) is 0. The van der Waals surface area contributed by atoms with Crippen LogP contribution in [0.2, 0.25) is 0 Å². The van der Waals surface area contributed by atoms with E-state index in [-0.39, 0.29) is 16.9 Å². The Morgan fingerprint density at radius 2 is 1.44 bits per heavy atom. The molecule has 1 fully saturated rings. The maximum Gasteiger partial charge on any atom is 0.400 e. The van der Waals surface area contributed by atoms with Crippen molar-refractivity contribution in [3.8, 4) is 16.9 Å². The summed E-state index contributed by atoms with van der Waals surface area (Å²) in [5.41, 5.74) is -0.501. The number of rotatable bonds is 4. The summed E-state index contributed by atoms with van der Waals surface area (Å²) in [5, 5.41) is 0. The third-order valence-corrected chi connectivity index (χ3v) is 4.98. The Morgan fingerprint density at radius 1 is 0.852 bits per heavy atom. The molecule has 0 aromatic heterocycles. The van der Waals surface area contributed by atoms with Gasteiger partial charge in [0.05, 0.1) is 5.92 Å². The van der Waals surface area contributed by atoms with Gasteiger partial charge in [0.1, 0.15) is 11.6 Å². The molecule has 0 atom stereocenters. The highest BCUT2D eigenvalue weighted by Gasteiger charge is 2.43. The Balaban J connectivity index is 1.80. The highest BCUT2D eigenvalue weighted by molar-refractivity contribution is 5.65. The molecule has 0 bridgehead atoms. The summed E-state index contributed by atoms with van der Waals surface area (Å²) < 4.78 is 87.4. The van der Waals surface area contributed by atoms with Crippen LogP contribution in [0, 0.1) is 35.1 Å². The maximum absolute atomic E-state index is 14.3. The summed E-state index contributed by atoms with van der Waals surface area (Å²) in [4.78, 5) is 0. The van der Waals surface area contributed by atoms with Gasteiger partial charge in [0.15, 0.2) is 17.5 Å². The number of ether oxygens (including phenoxy) is 1. The Labute approximate surface area is 153 Å². The van der Waals surface area contributed by atoms with Gasteiger partial charge >= 0.3 is 6.11 Å². The zero-order chi connectivity index (χ0) is 19.8. The van der Waals surface area contributed by atoms with Crippen molar-refractivity contribution in [3.05, 3.63) is 53.6 Å². The van der Waals surface area contributed by atoms with Crippen LogP contribution in [-0.2, 0) is 0 Å². The largest absolute Gasteiger partial charge is 0.432 e. The third-order valence-electron chi connectivity index (χ3n) is 4.98. The van der Waals surface area contributed by atoms with Crippen molar-refractivity contribution in [2.75, 3.05) is 0 Å². The zero-order valence-corrected chi connectivity index (χ0v) is 14.5. The predicted octanol–water partition coefficient (Wildman–Crippen LogP) is 6.71. The Kier molecular flexibility index (Phi) is 5.40. The van der Waals surface area contributed by atoms with Crippen LogP contribution in [0.5, 0.6) is 5.75 Å². The summed E-state index contributed by atoms with van der Waals surface area (Å²) in [5.74, 6) is -6.55. The molecule has 0 amide bonds. The van der Waals surface area contributed by atoms with Crippen molar-refractivity contribution >= 4 is 0 Å². The molecule has 2 aromatic rings. The first-order valence-corrected chi connectivity index (χ1v) is 8.68. The van der Waals surface area contributed by atoms with E-state index in [0.29, 0.717) is 43.7 Å². The summed E-state index contributed by atoms with van der Waals surface area (Å²) >= 11 is 0. The molecule has 0 radical (unpaired) electrons. The number of hydrogen-bond acceptors (Lipinski definition) is 1. The SMILES string of the molecule is CC1CCC(C(F)(F)Oc2ccc(-c3cc(F)c(F)c(F)c3)c(F)c2)CC1. The molecule has 1 aliphatic carbocycles. The fourth-order valence-corrected chi connectivity index (χ4v) is 3.34.